The van der Waals surface area contributed by atoms with E-state index < -0.39 is 48.1 Å². The summed E-state index contributed by atoms with van der Waals surface area (Å²) in [6, 6.07) is 14.4. The van der Waals surface area contributed by atoms with Crippen LogP contribution in [0.15, 0.2) is 82.6 Å². The van der Waals surface area contributed by atoms with Crippen molar-refractivity contribution < 1.29 is 38.9 Å². The fourth-order valence-electron chi connectivity index (χ4n) is 2.67. The second kappa shape index (κ2) is 9.09. The molecule has 170 valence electrons. The Morgan fingerprint density at radius 3 is 1.97 bits per heavy atom. The van der Waals surface area contributed by atoms with Crippen molar-refractivity contribution in [2.45, 2.75) is 16.4 Å². The molecule has 3 aromatic rings. The van der Waals surface area contributed by atoms with Crippen molar-refractivity contribution in [3.8, 4) is 11.5 Å². The van der Waals surface area contributed by atoms with E-state index >= 15 is 0 Å². The molecular formula is C20H16F3NO6S2. The van der Waals surface area contributed by atoms with E-state index in [9.17, 15) is 30.0 Å². The number of nitrogens with zero attached hydrogens (tertiary/aromatic N) is 1. The molecule has 0 N–H and O–H groups in total. The third-order valence-electron chi connectivity index (χ3n) is 4.22. The molecule has 32 heavy (non-hydrogen) atoms. The maximum atomic E-state index is 13.9. The molecule has 3 rings (SSSR count). The first-order valence-corrected chi connectivity index (χ1v) is 11.7. The monoisotopic (exact) mass is 487 g/mol. The summed E-state index contributed by atoms with van der Waals surface area (Å²) in [7, 11) is -7.56. The Bertz CT molecular complexity index is 1310. The molecule has 12 heteroatoms. The van der Waals surface area contributed by atoms with Gasteiger partial charge in [-0.05, 0) is 48.5 Å². The number of ether oxygens (including phenoxy) is 1. The van der Waals surface area contributed by atoms with Gasteiger partial charge in [0, 0.05) is 7.05 Å². The average Bonchev–Trinajstić information content (AvgIpc) is 2.73. The summed E-state index contributed by atoms with van der Waals surface area (Å²) < 4.78 is 99.3. The predicted molar refractivity (Wildman–Crippen MR) is 109 cm³/mol. The second-order valence-corrected chi connectivity index (χ2v) is 9.71. The molecule has 0 saturated heterocycles. The van der Waals surface area contributed by atoms with Crippen LogP contribution in [0.3, 0.4) is 0 Å². The highest BCUT2D eigenvalue weighted by atomic mass is 32.2. The maximum absolute atomic E-state index is 13.9. The number of benzene rings is 3. The van der Waals surface area contributed by atoms with Gasteiger partial charge in [0.25, 0.3) is 10.0 Å². The highest BCUT2D eigenvalue weighted by Gasteiger charge is 2.26. The fraction of sp³-hybridized carbons (Fsp3) is 0.100. The van der Waals surface area contributed by atoms with Gasteiger partial charge in [-0.2, -0.15) is 17.2 Å². The van der Waals surface area contributed by atoms with E-state index in [2.05, 4.69) is 4.74 Å². The van der Waals surface area contributed by atoms with Crippen LogP contribution in [0.1, 0.15) is 0 Å². The van der Waals surface area contributed by atoms with Gasteiger partial charge in [0.15, 0.2) is 0 Å². The summed E-state index contributed by atoms with van der Waals surface area (Å²) in [5.74, 6) is -1.72. The van der Waals surface area contributed by atoms with Gasteiger partial charge < -0.3 is 8.92 Å². The molecule has 0 spiro atoms. The lowest BCUT2D eigenvalue weighted by Gasteiger charge is -2.20. The van der Waals surface area contributed by atoms with Gasteiger partial charge in [0.1, 0.15) is 27.1 Å². The van der Waals surface area contributed by atoms with Gasteiger partial charge in [0.2, 0.25) is 0 Å². The van der Waals surface area contributed by atoms with E-state index in [4.69, 9.17) is 4.18 Å². The third-order valence-corrected chi connectivity index (χ3v) is 7.32. The molecule has 0 aliphatic carbocycles. The smallest absolute Gasteiger partial charge is 0.387 e. The van der Waals surface area contributed by atoms with Crippen molar-refractivity contribution in [3.63, 3.8) is 0 Å². The van der Waals surface area contributed by atoms with E-state index in [0.29, 0.717) is 0 Å². The number of sulfonamides is 1. The number of alkyl halides is 2. The van der Waals surface area contributed by atoms with Crippen LogP contribution in [0.5, 0.6) is 11.5 Å². The quantitative estimate of drug-likeness (QED) is 0.446. The Balaban J connectivity index is 1.84. The molecule has 0 radical (unpaired) electrons. The zero-order chi connectivity index (χ0) is 23.5. The Kier molecular flexibility index (Phi) is 6.65. The number of rotatable bonds is 8. The molecular weight excluding hydrogens is 471 g/mol. The minimum Gasteiger partial charge on any atom is -0.433 e. The van der Waals surface area contributed by atoms with Gasteiger partial charge in [-0.15, -0.1) is 0 Å². The number of hydrogen-bond donors (Lipinski definition) is 0. The molecule has 0 fully saturated rings. The number of halogens is 3. The zero-order valence-corrected chi connectivity index (χ0v) is 18.0. The molecule has 0 saturated carbocycles. The Hall–Kier alpha value is -3.25. The van der Waals surface area contributed by atoms with Crippen molar-refractivity contribution in [1.29, 1.82) is 0 Å². The summed E-state index contributed by atoms with van der Waals surface area (Å²) >= 11 is 0. The van der Waals surface area contributed by atoms with Gasteiger partial charge in [-0.25, -0.2) is 12.8 Å². The van der Waals surface area contributed by atoms with Crippen LogP contribution in [0.25, 0.3) is 0 Å². The first kappa shape index (κ1) is 23.4. The molecule has 0 aliphatic heterocycles. The van der Waals surface area contributed by atoms with Gasteiger partial charge >= 0.3 is 16.7 Å². The van der Waals surface area contributed by atoms with E-state index in [1.54, 1.807) is 0 Å². The summed E-state index contributed by atoms with van der Waals surface area (Å²) in [5.41, 5.74) is 0.0967. The lowest BCUT2D eigenvalue weighted by Crippen LogP contribution is -2.27. The summed E-state index contributed by atoms with van der Waals surface area (Å²) in [5, 5.41) is 0. The lowest BCUT2D eigenvalue weighted by molar-refractivity contribution is -0.0518. The molecule has 0 aliphatic rings. The molecule has 0 amide bonds. The highest BCUT2D eigenvalue weighted by Crippen LogP contribution is 2.30. The summed E-state index contributed by atoms with van der Waals surface area (Å²) in [6.45, 7) is -3.24. The van der Waals surface area contributed by atoms with E-state index in [1.165, 1.54) is 43.4 Å². The van der Waals surface area contributed by atoms with Crippen molar-refractivity contribution in [2.24, 2.45) is 0 Å². The van der Waals surface area contributed by atoms with Crippen molar-refractivity contribution >= 4 is 25.8 Å². The van der Waals surface area contributed by atoms with Crippen LogP contribution in [-0.4, -0.2) is 30.5 Å². The maximum Gasteiger partial charge on any atom is 0.387 e. The first-order valence-electron chi connectivity index (χ1n) is 8.84. The number of anilines is 1. The first-order chi connectivity index (χ1) is 15.0. The summed E-state index contributed by atoms with van der Waals surface area (Å²) in [6.07, 6.45) is 0. The van der Waals surface area contributed by atoms with Crippen molar-refractivity contribution in [2.75, 3.05) is 11.4 Å². The topological polar surface area (TPSA) is 90.0 Å². The van der Waals surface area contributed by atoms with Gasteiger partial charge in [0.05, 0.1) is 5.69 Å². The second-order valence-electron chi connectivity index (χ2n) is 6.26. The SMILES string of the molecule is CN(c1ccc(OS(=O)(=O)c2ccccc2OC(F)F)cc1)S(=O)(=O)c1ccccc1F. The number of para-hydroxylation sites is 1. The van der Waals surface area contributed by atoms with Crippen LogP contribution < -0.4 is 13.2 Å². The Labute approximate surface area is 182 Å². The van der Waals surface area contributed by atoms with E-state index in [-0.39, 0.29) is 11.4 Å². The zero-order valence-electron chi connectivity index (χ0n) is 16.4. The largest absolute Gasteiger partial charge is 0.433 e. The van der Waals surface area contributed by atoms with Crippen molar-refractivity contribution in [3.05, 3.63) is 78.6 Å². The minimum atomic E-state index is -4.54. The van der Waals surface area contributed by atoms with Crippen LogP contribution in [0, 0.1) is 5.82 Å². The van der Waals surface area contributed by atoms with Crippen LogP contribution in [-0.2, 0) is 20.1 Å². The molecule has 0 atom stereocenters. The molecule has 0 bridgehead atoms. The molecule has 3 aromatic carbocycles. The number of hydrogen-bond acceptors (Lipinski definition) is 6. The third kappa shape index (κ3) is 4.97. The van der Waals surface area contributed by atoms with Gasteiger partial charge in [-0.1, -0.05) is 24.3 Å². The highest BCUT2D eigenvalue weighted by molar-refractivity contribution is 7.92. The fourth-order valence-corrected chi connectivity index (χ4v) is 4.99. The van der Waals surface area contributed by atoms with E-state index in [0.717, 1.165) is 40.7 Å². The summed E-state index contributed by atoms with van der Waals surface area (Å²) in [4.78, 5) is -1.13. The average molecular weight is 487 g/mol. The molecule has 0 unspecified atom stereocenters. The minimum absolute atomic E-state index is 0.0967. The van der Waals surface area contributed by atoms with Crippen LogP contribution >= 0.6 is 0 Å². The predicted octanol–water partition coefficient (Wildman–Crippen LogP) is 4.02. The lowest BCUT2D eigenvalue weighted by atomic mass is 10.3. The normalized spacial score (nSPS) is 11.9. The van der Waals surface area contributed by atoms with Crippen molar-refractivity contribution in [1.82, 2.24) is 0 Å². The standard InChI is InChI=1S/C20H16F3NO6S2/c1-24(31(25,26)18-8-4-2-6-16(18)21)14-10-12-15(13-11-14)30-32(27,28)19-9-5-3-7-17(19)29-20(22)23/h2-13,20H,1H3. The van der Waals surface area contributed by atoms with Crippen LogP contribution in [0.2, 0.25) is 0 Å². The molecule has 0 aromatic heterocycles. The Morgan fingerprint density at radius 2 is 1.38 bits per heavy atom. The van der Waals surface area contributed by atoms with Gasteiger partial charge in [-0.3, -0.25) is 4.31 Å². The Morgan fingerprint density at radius 1 is 0.812 bits per heavy atom. The van der Waals surface area contributed by atoms with Crippen LogP contribution in [0.4, 0.5) is 18.9 Å². The van der Waals surface area contributed by atoms with E-state index in [1.807, 2.05) is 0 Å². The molecule has 0 heterocycles. The molecule has 7 nitrogen and oxygen atoms in total.